The summed E-state index contributed by atoms with van der Waals surface area (Å²) in [6, 6.07) is 0. The van der Waals surface area contributed by atoms with Crippen LogP contribution in [0.25, 0.3) is 0 Å². The zero-order valence-electron chi connectivity index (χ0n) is 13.3. The molecule has 0 amide bonds. The summed E-state index contributed by atoms with van der Waals surface area (Å²) >= 11 is 0. The number of Topliss-reactive ketones (excluding diaryl/α,β-unsaturated/α-hetero) is 2. The normalized spacial score (nSPS) is 46.2. The standard InChI is InChI=1S/C19H26O2/c1-11-9-16-14(13-4-3-12(20)10-15(11)13)7-8-19(2)17(16)5-6-18(19)21/h13-14,16-17H,3-10H2,1-2H3/t13-,14-,16-,17+,19+/m1/s1. The molecular weight excluding hydrogens is 260 g/mol. The summed E-state index contributed by atoms with van der Waals surface area (Å²) in [7, 11) is 0. The van der Waals surface area contributed by atoms with Gasteiger partial charge in [0, 0.05) is 24.7 Å². The maximum atomic E-state index is 12.4. The third-order valence-electron chi connectivity index (χ3n) is 7.38. The number of rotatable bonds is 0. The molecule has 0 aromatic rings. The van der Waals surface area contributed by atoms with Crippen molar-refractivity contribution < 1.29 is 9.59 Å². The Kier molecular flexibility index (Phi) is 2.96. The van der Waals surface area contributed by atoms with Crippen LogP contribution in [0.3, 0.4) is 0 Å². The molecule has 0 bridgehead atoms. The SMILES string of the molecule is CC1=C2CC(=O)CC[C@@H]2[C@H]2CC[C@]3(C)C(=O)CC[C@H]3[C@@H]2C1. The monoisotopic (exact) mass is 286 g/mol. The van der Waals surface area contributed by atoms with Crippen LogP contribution in [0.15, 0.2) is 11.1 Å². The Bertz CT molecular complexity index is 544. The van der Waals surface area contributed by atoms with Crippen molar-refractivity contribution in [2.24, 2.45) is 29.1 Å². The van der Waals surface area contributed by atoms with Gasteiger partial charge in [0.2, 0.25) is 0 Å². The van der Waals surface area contributed by atoms with Crippen molar-refractivity contribution in [1.29, 1.82) is 0 Å². The zero-order chi connectivity index (χ0) is 14.8. The van der Waals surface area contributed by atoms with Gasteiger partial charge in [0.05, 0.1) is 0 Å². The summed E-state index contributed by atoms with van der Waals surface area (Å²) in [6.45, 7) is 4.49. The Morgan fingerprint density at radius 3 is 2.67 bits per heavy atom. The lowest BCUT2D eigenvalue weighted by Gasteiger charge is -2.52. The molecule has 0 unspecified atom stereocenters. The number of fused-ring (bicyclic) bond motifs is 5. The Morgan fingerprint density at radius 1 is 1.05 bits per heavy atom. The highest BCUT2D eigenvalue weighted by molar-refractivity contribution is 5.87. The summed E-state index contributed by atoms with van der Waals surface area (Å²) in [5.74, 6) is 3.69. The first-order valence-corrected chi connectivity index (χ1v) is 8.74. The topological polar surface area (TPSA) is 34.1 Å². The van der Waals surface area contributed by atoms with Crippen LogP contribution in [0.4, 0.5) is 0 Å². The first kappa shape index (κ1) is 13.7. The Labute approximate surface area is 127 Å². The lowest BCUT2D eigenvalue weighted by Crippen LogP contribution is -2.46. The number of hydrogen-bond donors (Lipinski definition) is 0. The van der Waals surface area contributed by atoms with Crippen LogP contribution >= 0.6 is 0 Å². The predicted octanol–water partition coefficient (Wildman–Crippen LogP) is 4.09. The molecule has 0 heterocycles. The van der Waals surface area contributed by atoms with Crippen molar-refractivity contribution in [2.45, 2.75) is 65.2 Å². The van der Waals surface area contributed by atoms with Gasteiger partial charge in [0.15, 0.2) is 0 Å². The summed E-state index contributed by atoms with van der Waals surface area (Å²) < 4.78 is 0. The first-order valence-electron chi connectivity index (χ1n) is 8.74. The largest absolute Gasteiger partial charge is 0.299 e. The fraction of sp³-hybridized carbons (Fsp3) is 0.789. The van der Waals surface area contributed by atoms with E-state index in [0.717, 1.165) is 50.9 Å². The molecule has 0 N–H and O–H groups in total. The van der Waals surface area contributed by atoms with Gasteiger partial charge < -0.3 is 0 Å². The third-order valence-corrected chi connectivity index (χ3v) is 7.38. The van der Waals surface area contributed by atoms with Crippen LogP contribution in [0, 0.1) is 29.1 Å². The molecule has 0 radical (unpaired) electrons. The molecule has 114 valence electrons. The van der Waals surface area contributed by atoms with E-state index in [-0.39, 0.29) is 5.41 Å². The third kappa shape index (κ3) is 1.83. The average Bonchev–Trinajstić information content (AvgIpc) is 2.76. The summed E-state index contributed by atoms with van der Waals surface area (Å²) in [6.07, 6.45) is 7.95. The number of hydrogen-bond acceptors (Lipinski definition) is 2. The van der Waals surface area contributed by atoms with E-state index >= 15 is 0 Å². The number of allylic oxidation sites excluding steroid dienone is 2. The van der Waals surface area contributed by atoms with Gasteiger partial charge >= 0.3 is 0 Å². The number of ketones is 2. The molecule has 0 aromatic heterocycles. The van der Waals surface area contributed by atoms with Gasteiger partial charge in [0.25, 0.3) is 0 Å². The van der Waals surface area contributed by atoms with Crippen molar-refractivity contribution in [3.05, 3.63) is 11.1 Å². The molecule has 0 spiro atoms. The smallest absolute Gasteiger partial charge is 0.139 e. The lowest BCUT2D eigenvalue weighted by molar-refractivity contribution is -0.130. The molecule has 4 aliphatic rings. The van der Waals surface area contributed by atoms with Gasteiger partial charge in [0.1, 0.15) is 11.6 Å². The molecular formula is C19H26O2. The van der Waals surface area contributed by atoms with E-state index in [4.69, 9.17) is 0 Å². The van der Waals surface area contributed by atoms with Crippen LogP contribution < -0.4 is 0 Å². The molecule has 5 atom stereocenters. The van der Waals surface area contributed by atoms with Crippen molar-refractivity contribution in [3.63, 3.8) is 0 Å². The molecule has 3 saturated carbocycles. The molecule has 3 fully saturated rings. The number of carbonyl (C=O) groups is 2. The van der Waals surface area contributed by atoms with Gasteiger partial charge in [-0.25, -0.2) is 0 Å². The van der Waals surface area contributed by atoms with Crippen molar-refractivity contribution >= 4 is 11.6 Å². The van der Waals surface area contributed by atoms with E-state index in [0.29, 0.717) is 29.3 Å². The molecule has 0 saturated heterocycles. The van der Waals surface area contributed by atoms with Crippen LogP contribution in [-0.2, 0) is 9.59 Å². The van der Waals surface area contributed by atoms with Crippen molar-refractivity contribution in [3.8, 4) is 0 Å². The van der Waals surface area contributed by atoms with Gasteiger partial charge in [-0.1, -0.05) is 18.1 Å². The quantitative estimate of drug-likeness (QED) is 0.629. The van der Waals surface area contributed by atoms with Gasteiger partial charge in [-0.3, -0.25) is 9.59 Å². The molecule has 21 heavy (non-hydrogen) atoms. The van der Waals surface area contributed by atoms with E-state index in [1.807, 2.05) is 0 Å². The minimum atomic E-state index is -0.0244. The van der Waals surface area contributed by atoms with E-state index < -0.39 is 0 Å². The molecule has 4 rings (SSSR count). The minimum absolute atomic E-state index is 0.0244. The van der Waals surface area contributed by atoms with E-state index in [2.05, 4.69) is 13.8 Å². The molecule has 2 nitrogen and oxygen atoms in total. The van der Waals surface area contributed by atoms with E-state index in [9.17, 15) is 9.59 Å². The van der Waals surface area contributed by atoms with Crippen LogP contribution in [0.5, 0.6) is 0 Å². The predicted molar refractivity (Wildman–Crippen MR) is 81.7 cm³/mol. The van der Waals surface area contributed by atoms with Crippen molar-refractivity contribution in [1.82, 2.24) is 0 Å². The van der Waals surface area contributed by atoms with Gasteiger partial charge in [-0.05, 0) is 62.7 Å². The zero-order valence-corrected chi connectivity index (χ0v) is 13.3. The van der Waals surface area contributed by atoms with Crippen molar-refractivity contribution in [2.75, 3.05) is 0 Å². The molecule has 2 heteroatoms. The second kappa shape index (κ2) is 4.54. The van der Waals surface area contributed by atoms with Gasteiger partial charge in [-0.2, -0.15) is 0 Å². The summed E-state index contributed by atoms with van der Waals surface area (Å²) in [4.78, 5) is 24.2. The average molecular weight is 286 g/mol. The second-order valence-electron chi connectivity index (χ2n) is 8.22. The highest BCUT2D eigenvalue weighted by Gasteiger charge is 2.56. The Morgan fingerprint density at radius 2 is 1.86 bits per heavy atom. The van der Waals surface area contributed by atoms with Crippen LogP contribution in [0.2, 0.25) is 0 Å². The van der Waals surface area contributed by atoms with Crippen LogP contribution in [0.1, 0.15) is 65.2 Å². The number of carbonyl (C=O) groups excluding carboxylic acids is 2. The molecule has 0 aliphatic heterocycles. The summed E-state index contributed by atoms with van der Waals surface area (Å²) in [5, 5.41) is 0. The van der Waals surface area contributed by atoms with E-state index in [1.54, 1.807) is 0 Å². The first-order chi connectivity index (χ1) is 10.0. The second-order valence-corrected chi connectivity index (χ2v) is 8.22. The van der Waals surface area contributed by atoms with Crippen LogP contribution in [-0.4, -0.2) is 11.6 Å². The highest BCUT2D eigenvalue weighted by Crippen LogP contribution is 2.60. The Hall–Kier alpha value is -0.920. The van der Waals surface area contributed by atoms with Gasteiger partial charge in [-0.15, -0.1) is 0 Å². The lowest BCUT2D eigenvalue weighted by atomic mass is 9.52. The fourth-order valence-corrected chi connectivity index (χ4v) is 6.23. The minimum Gasteiger partial charge on any atom is -0.299 e. The fourth-order valence-electron chi connectivity index (χ4n) is 6.23. The summed E-state index contributed by atoms with van der Waals surface area (Å²) in [5.41, 5.74) is 2.95. The molecule has 4 aliphatic carbocycles. The van der Waals surface area contributed by atoms with E-state index in [1.165, 1.54) is 17.6 Å². The maximum absolute atomic E-state index is 12.4. The molecule has 0 aromatic carbocycles. The maximum Gasteiger partial charge on any atom is 0.139 e. The highest BCUT2D eigenvalue weighted by atomic mass is 16.1. The Balaban J connectivity index is 1.70.